The highest BCUT2D eigenvalue weighted by atomic mass is 19.4. The number of amides is 1. The number of hydrogen-bond acceptors (Lipinski definition) is 4. The molecule has 30 heavy (non-hydrogen) atoms. The minimum atomic E-state index is -4.96. The minimum absolute atomic E-state index is 0.226. The van der Waals surface area contributed by atoms with E-state index in [0.717, 1.165) is 18.3 Å². The lowest BCUT2D eigenvalue weighted by Gasteiger charge is -2.15. The molecule has 2 aromatic carbocycles. The monoisotopic (exact) mass is 423 g/mol. The number of carbonyl (C=O) groups is 1. The van der Waals surface area contributed by atoms with Crippen LogP contribution in [0.1, 0.15) is 21.6 Å². The van der Waals surface area contributed by atoms with Crippen LogP contribution in [0.4, 0.5) is 23.2 Å². The molecule has 6 nitrogen and oxygen atoms in total. The zero-order valence-electron chi connectivity index (χ0n) is 16.2. The molecule has 0 atom stereocenters. The number of aromatic nitrogens is 2. The molecule has 1 amide bonds. The lowest BCUT2D eigenvalue weighted by Crippen LogP contribution is -2.21. The van der Waals surface area contributed by atoms with E-state index in [1.54, 1.807) is 13.0 Å². The van der Waals surface area contributed by atoms with Crippen LogP contribution in [0, 0.1) is 12.7 Å². The number of halogens is 4. The van der Waals surface area contributed by atoms with E-state index in [0.29, 0.717) is 16.0 Å². The Bertz CT molecular complexity index is 1090. The van der Waals surface area contributed by atoms with Gasteiger partial charge < -0.3 is 14.8 Å². The number of para-hydroxylation sites is 1. The highest BCUT2D eigenvalue weighted by Gasteiger charge is 2.41. The predicted octanol–water partition coefficient (Wildman–Crippen LogP) is 4.61. The fourth-order valence-corrected chi connectivity index (χ4v) is 2.90. The number of anilines is 1. The first-order valence-corrected chi connectivity index (χ1v) is 8.61. The van der Waals surface area contributed by atoms with Crippen LogP contribution in [0.5, 0.6) is 11.5 Å². The van der Waals surface area contributed by atoms with Crippen LogP contribution in [-0.4, -0.2) is 29.9 Å². The van der Waals surface area contributed by atoms with Gasteiger partial charge in [0.2, 0.25) is 0 Å². The second-order valence-electron chi connectivity index (χ2n) is 6.24. The summed E-state index contributed by atoms with van der Waals surface area (Å²) < 4.78 is 66.0. The number of rotatable bonds is 5. The molecule has 0 aliphatic heterocycles. The van der Waals surface area contributed by atoms with Crippen molar-refractivity contribution in [1.82, 2.24) is 9.78 Å². The van der Waals surface area contributed by atoms with E-state index in [1.807, 2.05) is 0 Å². The molecule has 10 heteroatoms. The second-order valence-corrected chi connectivity index (χ2v) is 6.24. The number of ether oxygens (including phenoxy) is 2. The molecule has 1 heterocycles. The first-order valence-electron chi connectivity index (χ1n) is 8.61. The van der Waals surface area contributed by atoms with Gasteiger partial charge in [-0.25, -0.2) is 9.07 Å². The molecule has 0 saturated heterocycles. The molecule has 1 N–H and O–H groups in total. The normalized spacial score (nSPS) is 11.3. The highest BCUT2D eigenvalue weighted by Crippen LogP contribution is 2.36. The Morgan fingerprint density at radius 3 is 2.33 bits per heavy atom. The molecule has 3 rings (SSSR count). The van der Waals surface area contributed by atoms with Gasteiger partial charge in [0.05, 0.1) is 26.0 Å². The summed E-state index contributed by atoms with van der Waals surface area (Å²) >= 11 is 0. The Balaban J connectivity index is 2.05. The smallest absolute Gasteiger partial charge is 0.434 e. The van der Waals surface area contributed by atoms with E-state index in [1.165, 1.54) is 32.4 Å². The average Bonchev–Trinajstić information content (AvgIpc) is 3.15. The molecular formula is C20H17F4N3O3. The van der Waals surface area contributed by atoms with Gasteiger partial charge in [-0.2, -0.15) is 18.3 Å². The van der Waals surface area contributed by atoms with Gasteiger partial charge in [-0.05, 0) is 30.7 Å². The van der Waals surface area contributed by atoms with Crippen molar-refractivity contribution < 1.29 is 31.8 Å². The van der Waals surface area contributed by atoms with E-state index in [4.69, 9.17) is 9.47 Å². The molecule has 0 radical (unpaired) electrons. The van der Waals surface area contributed by atoms with Gasteiger partial charge in [0.25, 0.3) is 5.91 Å². The van der Waals surface area contributed by atoms with Crippen molar-refractivity contribution in [2.75, 3.05) is 19.5 Å². The number of aryl methyl sites for hydroxylation is 1. The molecule has 158 valence electrons. The maximum atomic E-state index is 14.1. The van der Waals surface area contributed by atoms with Crippen LogP contribution in [0.25, 0.3) is 5.69 Å². The van der Waals surface area contributed by atoms with Gasteiger partial charge in [-0.3, -0.25) is 4.79 Å². The van der Waals surface area contributed by atoms with Gasteiger partial charge in [-0.1, -0.05) is 12.1 Å². The largest absolute Gasteiger partial charge is 0.493 e. The molecule has 3 aromatic rings. The number of methoxy groups -OCH3 is 2. The summed E-state index contributed by atoms with van der Waals surface area (Å²) in [6, 6.07) is 7.85. The maximum absolute atomic E-state index is 14.1. The SMILES string of the molecule is COc1cc(C)c(NC(=O)c2cnn(-c3ccccc3F)c2C(F)(F)F)cc1OC. The molecule has 0 saturated carbocycles. The van der Waals surface area contributed by atoms with Crippen molar-refractivity contribution in [2.24, 2.45) is 0 Å². The number of alkyl halides is 3. The van der Waals surface area contributed by atoms with Gasteiger partial charge in [0.15, 0.2) is 17.2 Å². The average molecular weight is 423 g/mol. The van der Waals surface area contributed by atoms with Crippen LogP contribution < -0.4 is 14.8 Å². The Kier molecular flexibility index (Phi) is 5.68. The highest BCUT2D eigenvalue weighted by molar-refractivity contribution is 6.05. The van der Waals surface area contributed by atoms with E-state index < -0.39 is 34.8 Å². The van der Waals surface area contributed by atoms with Crippen molar-refractivity contribution in [3.05, 3.63) is 65.2 Å². The lowest BCUT2D eigenvalue weighted by molar-refractivity contribution is -0.143. The Hall–Kier alpha value is -3.56. The standard InChI is InChI=1S/C20H17F4N3O3/c1-11-8-16(29-2)17(30-3)9-14(11)26-19(28)12-10-25-27(18(12)20(22,23)24)15-7-5-4-6-13(15)21/h4-10H,1-3H3,(H,26,28). The summed E-state index contributed by atoms with van der Waals surface area (Å²) in [5.41, 5.74) is -1.80. The Morgan fingerprint density at radius 2 is 1.73 bits per heavy atom. The molecule has 0 unspecified atom stereocenters. The minimum Gasteiger partial charge on any atom is -0.493 e. The summed E-state index contributed by atoms with van der Waals surface area (Å²) in [5, 5.41) is 6.03. The third-order valence-corrected chi connectivity index (χ3v) is 4.34. The van der Waals surface area contributed by atoms with E-state index in [2.05, 4.69) is 10.4 Å². The summed E-state index contributed by atoms with van der Waals surface area (Å²) in [4.78, 5) is 12.7. The Labute approximate surface area is 169 Å². The third-order valence-electron chi connectivity index (χ3n) is 4.34. The number of nitrogens with one attached hydrogen (secondary N) is 1. The van der Waals surface area contributed by atoms with Crippen LogP contribution >= 0.6 is 0 Å². The molecule has 0 spiro atoms. The summed E-state index contributed by atoms with van der Waals surface area (Å²) in [6.07, 6.45) is -4.21. The number of nitrogens with zero attached hydrogens (tertiary/aromatic N) is 2. The molecular weight excluding hydrogens is 406 g/mol. The van der Waals surface area contributed by atoms with Crippen molar-refractivity contribution in [1.29, 1.82) is 0 Å². The van der Waals surface area contributed by atoms with Crippen molar-refractivity contribution in [3.8, 4) is 17.2 Å². The second kappa shape index (κ2) is 8.05. The first kappa shape index (κ1) is 21.2. The quantitative estimate of drug-likeness (QED) is 0.609. The van der Waals surface area contributed by atoms with Crippen molar-refractivity contribution >= 4 is 11.6 Å². The van der Waals surface area contributed by atoms with Crippen LogP contribution in [0.3, 0.4) is 0 Å². The maximum Gasteiger partial charge on any atom is 0.434 e. The van der Waals surface area contributed by atoms with Crippen LogP contribution in [0.2, 0.25) is 0 Å². The third kappa shape index (κ3) is 3.93. The van der Waals surface area contributed by atoms with Gasteiger partial charge in [0.1, 0.15) is 11.5 Å². The van der Waals surface area contributed by atoms with E-state index in [9.17, 15) is 22.4 Å². The van der Waals surface area contributed by atoms with Crippen molar-refractivity contribution in [2.45, 2.75) is 13.1 Å². The first-order chi connectivity index (χ1) is 14.2. The zero-order valence-corrected chi connectivity index (χ0v) is 16.2. The number of benzene rings is 2. The van der Waals surface area contributed by atoms with Crippen LogP contribution in [0.15, 0.2) is 42.6 Å². The van der Waals surface area contributed by atoms with Crippen molar-refractivity contribution in [3.63, 3.8) is 0 Å². The van der Waals surface area contributed by atoms with E-state index >= 15 is 0 Å². The number of carbonyl (C=O) groups excluding carboxylic acids is 1. The van der Waals surface area contributed by atoms with Gasteiger partial charge in [-0.15, -0.1) is 0 Å². The number of hydrogen-bond donors (Lipinski definition) is 1. The Morgan fingerprint density at radius 1 is 1.10 bits per heavy atom. The fourth-order valence-electron chi connectivity index (χ4n) is 2.90. The lowest BCUT2D eigenvalue weighted by atomic mass is 10.1. The molecule has 0 aliphatic rings. The summed E-state index contributed by atoms with van der Waals surface area (Å²) in [5.74, 6) is -1.28. The topological polar surface area (TPSA) is 65.4 Å². The predicted molar refractivity (Wildman–Crippen MR) is 101 cm³/mol. The molecule has 0 bridgehead atoms. The summed E-state index contributed by atoms with van der Waals surface area (Å²) in [6.45, 7) is 1.64. The van der Waals surface area contributed by atoms with Gasteiger partial charge >= 0.3 is 6.18 Å². The molecule has 0 aliphatic carbocycles. The zero-order chi connectivity index (χ0) is 22.1. The van der Waals surface area contributed by atoms with E-state index in [-0.39, 0.29) is 11.4 Å². The summed E-state index contributed by atoms with van der Waals surface area (Å²) in [7, 11) is 2.82. The van der Waals surface area contributed by atoms with Crippen LogP contribution in [-0.2, 0) is 6.18 Å². The molecule has 0 fully saturated rings. The fraction of sp³-hybridized carbons (Fsp3) is 0.200. The molecule has 1 aromatic heterocycles. The van der Waals surface area contributed by atoms with Gasteiger partial charge in [0, 0.05) is 11.8 Å².